The van der Waals surface area contributed by atoms with Crippen molar-refractivity contribution in [2.24, 2.45) is 0 Å². The predicted molar refractivity (Wildman–Crippen MR) is 89.8 cm³/mol. The fraction of sp³-hybridized carbons (Fsp3) is 0.158. The lowest BCUT2D eigenvalue weighted by Crippen LogP contribution is -1.96. The lowest BCUT2D eigenvalue weighted by atomic mass is 10.1. The molecule has 0 bridgehead atoms. The summed E-state index contributed by atoms with van der Waals surface area (Å²) in [4.78, 5) is 2.33. The summed E-state index contributed by atoms with van der Waals surface area (Å²) in [6.45, 7) is 2.00. The summed E-state index contributed by atoms with van der Waals surface area (Å²) in [7, 11) is 0. The number of hydrogen-bond acceptors (Lipinski definition) is 2. The molecule has 0 aliphatic carbocycles. The molecule has 1 atom stereocenters. The van der Waals surface area contributed by atoms with Crippen LogP contribution in [0.5, 0.6) is 0 Å². The fourth-order valence-electron chi connectivity index (χ4n) is 2.43. The largest absolute Gasteiger partial charge is 0.388 e. The van der Waals surface area contributed by atoms with Gasteiger partial charge in [0, 0.05) is 9.79 Å². The Morgan fingerprint density at radius 2 is 1.62 bits per heavy atom. The van der Waals surface area contributed by atoms with E-state index in [9.17, 15) is 5.11 Å². The summed E-state index contributed by atoms with van der Waals surface area (Å²) in [5, 5.41) is 12.6. The van der Waals surface area contributed by atoms with Crippen LogP contribution < -0.4 is 0 Å². The summed E-state index contributed by atoms with van der Waals surface area (Å²) in [5.41, 5.74) is 1.01. The van der Waals surface area contributed by atoms with Gasteiger partial charge in [0.2, 0.25) is 0 Å². The number of hydrogen-bond donors (Lipinski definition) is 1. The summed E-state index contributed by atoms with van der Waals surface area (Å²) in [6, 6.07) is 23.0. The van der Waals surface area contributed by atoms with E-state index in [-0.39, 0.29) is 0 Å². The van der Waals surface area contributed by atoms with Gasteiger partial charge in [0.1, 0.15) is 0 Å². The number of aliphatic hydroxyl groups excluding tert-OH is 1. The van der Waals surface area contributed by atoms with Crippen molar-refractivity contribution >= 4 is 22.5 Å². The molecule has 0 fully saturated rings. The lowest BCUT2D eigenvalue weighted by Gasteiger charge is -2.13. The molecule has 3 rings (SSSR count). The number of benzene rings is 3. The average molecular weight is 294 g/mol. The molecule has 3 aromatic rings. The van der Waals surface area contributed by atoms with Gasteiger partial charge >= 0.3 is 0 Å². The number of aliphatic hydroxyl groups is 1. The van der Waals surface area contributed by atoms with E-state index in [4.69, 9.17) is 0 Å². The fourth-order valence-corrected chi connectivity index (χ4v) is 3.47. The molecule has 0 saturated heterocycles. The summed E-state index contributed by atoms with van der Waals surface area (Å²) < 4.78 is 0. The maximum Gasteiger partial charge on any atom is 0.0798 e. The first-order valence-electron chi connectivity index (χ1n) is 7.21. The van der Waals surface area contributed by atoms with Gasteiger partial charge in [0.05, 0.1) is 6.10 Å². The molecule has 106 valence electrons. The smallest absolute Gasteiger partial charge is 0.0798 e. The Morgan fingerprint density at radius 3 is 2.43 bits per heavy atom. The van der Waals surface area contributed by atoms with Crippen LogP contribution in [0.2, 0.25) is 0 Å². The minimum absolute atomic E-state index is 0.394. The summed E-state index contributed by atoms with van der Waals surface area (Å²) >= 11 is 1.71. The van der Waals surface area contributed by atoms with E-state index in [1.807, 2.05) is 25.1 Å². The quantitative estimate of drug-likeness (QED) is 0.692. The third-order valence-corrected chi connectivity index (χ3v) is 4.69. The second-order valence-corrected chi connectivity index (χ2v) is 6.19. The molecule has 0 aliphatic heterocycles. The van der Waals surface area contributed by atoms with Gasteiger partial charge in [-0.3, -0.25) is 0 Å². The van der Waals surface area contributed by atoms with Gasteiger partial charge in [-0.2, -0.15) is 0 Å². The summed E-state index contributed by atoms with van der Waals surface area (Å²) in [6.07, 6.45) is 0.337. The predicted octanol–water partition coefficient (Wildman–Crippen LogP) is 5.43. The second kappa shape index (κ2) is 6.33. The van der Waals surface area contributed by atoms with Crippen LogP contribution in [0.3, 0.4) is 0 Å². The highest BCUT2D eigenvalue weighted by atomic mass is 32.2. The highest BCUT2D eigenvalue weighted by Crippen LogP contribution is 2.35. The SMILES string of the molecule is CC[C@H](O)c1ccccc1Sc1ccc2ccccc2c1. The molecule has 0 aliphatic rings. The molecule has 1 N–H and O–H groups in total. The molecule has 0 heterocycles. The molecule has 0 unspecified atom stereocenters. The van der Waals surface area contributed by atoms with Gasteiger partial charge in [-0.1, -0.05) is 67.2 Å². The van der Waals surface area contributed by atoms with Crippen molar-refractivity contribution in [2.75, 3.05) is 0 Å². The lowest BCUT2D eigenvalue weighted by molar-refractivity contribution is 0.171. The van der Waals surface area contributed by atoms with Gasteiger partial charge in [0.15, 0.2) is 0 Å². The average Bonchev–Trinajstić information content (AvgIpc) is 2.54. The first kappa shape index (κ1) is 14.2. The van der Waals surface area contributed by atoms with Crippen LogP contribution in [0.25, 0.3) is 10.8 Å². The molecular formula is C19H18OS. The zero-order valence-electron chi connectivity index (χ0n) is 12.0. The first-order chi connectivity index (χ1) is 10.3. The van der Waals surface area contributed by atoms with Crippen molar-refractivity contribution in [3.8, 4) is 0 Å². The molecule has 1 nitrogen and oxygen atoms in total. The van der Waals surface area contributed by atoms with Gasteiger partial charge in [-0.25, -0.2) is 0 Å². The molecule has 21 heavy (non-hydrogen) atoms. The Balaban J connectivity index is 1.95. The van der Waals surface area contributed by atoms with Crippen LogP contribution >= 0.6 is 11.8 Å². The van der Waals surface area contributed by atoms with E-state index < -0.39 is 6.10 Å². The molecular weight excluding hydrogens is 276 g/mol. The normalized spacial score (nSPS) is 12.5. The zero-order chi connectivity index (χ0) is 14.7. The van der Waals surface area contributed by atoms with Gasteiger partial charge in [-0.05, 0) is 41.0 Å². The van der Waals surface area contributed by atoms with Crippen molar-refractivity contribution in [3.05, 3.63) is 72.3 Å². The standard InChI is InChI=1S/C19H18OS/c1-2-18(20)17-9-5-6-10-19(17)21-16-12-11-14-7-3-4-8-15(14)13-16/h3-13,18,20H,2H2,1H3/t18-/m0/s1. The van der Waals surface area contributed by atoms with Crippen LogP contribution in [0.1, 0.15) is 25.0 Å². The minimum atomic E-state index is -0.394. The Bertz CT molecular complexity index is 751. The molecule has 0 amide bonds. The van der Waals surface area contributed by atoms with E-state index in [1.54, 1.807) is 11.8 Å². The van der Waals surface area contributed by atoms with Crippen molar-refractivity contribution in [2.45, 2.75) is 29.2 Å². The van der Waals surface area contributed by atoms with Crippen LogP contribution in [0.4, 0.5) is 0 Å². The van der Waals surface area contributed by atoms with E-state index in [0.29, 0.717) is 0 Å². The zero-order valence-corrected chi connectivity index (χ0v) is 12.8. The van der Waals surface area contributed by atoms with Crippen molar-refractivity contribution < 1.29 is 5.11 Å². The van der Waals surface area contributed by atoms with E-state index in [2.05, 4.69) is 48.5 Å². The van der Waals surface area contributed by atoms with Crippen molar-refractivity contribution in [1.82, 2.24) is 0 Å². The highest BCUT2D eigenvalue weighted by Gasteiger charge is 2.11. The molecule has 0 radical (unpaired) electrons. The first-order valence-corrected chi connectivity index (χ1v) is 8.03. The third kappa shape index (κ3) is 3.12. The van der Waals surface area contributed by atoms with Gasteiger partial charge in [0.25, 0.3) is 0 Å². The minimum Gasteiger partial charge on any atom is -0.388 e. The Kier molecular flexibility index (Phi) is 4.28. The highest BCUT2D eigenvalue weighted by molar-refractivity contribution is 7.99. The van der Waals surface area contributed by atoms with Crippen molar-refractivity contribution in [1.29, 1.82) is 0 Å². The molecule has 2 heteroatoms. The molecule has 0 spiro atoms. The molecule has 0 aromatic heterocycles. The maximum atomic E-state index is 10.1. The van der Waals surface area contributed by atoms with Crippen LogP contribution in [-0.4, -0.2) is 5.11 Å². The molecule has 0 saturated carbocycles. The Morgan fingerprint density at radius 1 is 0.905 bits per heavy atom. The Labute approximate surface area is 129 Å². The Hall–Kier alpha value is -1.77. The van der Waals surface area contributed by atoms with E-state index in [1.165, 1.54) is 15.7 Å². The second-order valence-electron chi connectivity index (χ2n) is 5.07. The maximum absolute atomic E-state index is 10.1. The van der Waals surface area contributed by atoms with Crippen LogP contribution in [0, 0.1) is 0 Å². The monoisotopic (exact) mass is 294 g/mol. The third-order valence-electron chi connectivity index (χ3n) is 3.61. The number of rotatable bonds is 4. The van der Waals surface area contributed by atoms with Gasteiger partial charge in [-0.15, -0.1) is 0 Å². The van der Waals surface area contributed by atoms with Crippen LogP contribution in [0.15, 0.2) is 76.5 Å². The van der Waals surface area contributed by atoms with Crippen molar-refractivity contribution in [3.63, 3.8) is 0 Å². The van der Waals surface area contributed by atoms with Gasteiger partial charge < -0.3 is 5.11 Å². The van der Waals surface area contributed by atoms with Crippen LogP contribution in [-0.2, 0) is 0 Å². The number of fused-ring (bicyclic) bond motifs is 1. The topological polar surface area (TPSA) is 20.2 Å². The summed E-state index contributed by atoms with van der Waals surface area (Å²) in [5.74, 6) is 0. The van der Waals surface area contributed by atoms with E-state index >= 15 is 0 Å². The molecule has 3 aromatic carbocycles. The van der Waals surface area contributed by atoms with E-state index in [0.717, 1.165) is 16.9 Å².